The number of rotatable bonds is 47. The quantitative estimate of drug-likeness (QED) is 0.0199. The van der Waals surface area contributed by atoms with Crippen LogP contribution >= 0.6 is 7.82 Å². The Labute approximate surface area is 389 Å². The predicted molar refractivity (Wildman–Crippen MR) is 263 cm³/mol. The summed E-state index contributed by atoms with van der Waals surface area (Å²) in [4.78, 5) is 46.1. The molecule has 0 aliphatic carbocycles. The van der Waals surface area contributed by atoms with Gasteiger partial charge in [0.1, 0.15) is 12.7 Å². The van der Waals surface area contributed by atoms with Crippen LogP contribution in [0.15, 0.2) is 60.8 Å². The molecule has 0 rings (SSSR count). The smallest absolute Gasteiger partial charge is 0.472 e. The SMILES string of the molecule is CC/C=C\C/C=C\C/C=C\C/C=C\C/C=C\CCCCCCCC(=O)NC(COP(=O)(O)OCC(O)COC(=O)CCCCCCCCCCCCCCCCCCCCC)C(=O)O. The van der Waals surface area contributed by atoms with Gasteiger partial charge in [-0.25, -0.2) is 9.36 Å². The molecule has 0 spiro atoms. The first kappa shape index (κ1) is 61.2. The number of phosphoric acid groups is 1. The first-order valence-electron chi connectivity index (χ1n) is 25.3. The van der Waals surface area contributed by atoms with Crippen molar-refractivity contribution in [2.45, 2.75) is 231 Å². The maximum Gasteiger partial charge on any atom is 0.472 e. The van der Waals surface area contributed by atoms with Crippen molar-refractivity contribution >= 4 is 25.7 Å². The first-order valence-corrected chi connectivity index (χ1v) is 26.8. The van der Waals surface area contributed by atoms with Gasteiger partial charge >= 0.3 is 19.8 Å². The van der Waals surface area contributed by atoms with Gasteiger partial charge in [-0.05, 0) is 57.8 Å². The van der Waals surface area contributed by atoms with Gasteiger partial charge in [0.25, 0.3) is 0 Å². The number of aliphatic hydroxyl groups is 1. The molecule has 12 heteroatoms. The monoisotopic (exact) mass is 922 g/mol. The lowest BCUT2D eigenvalue weighted by Crippen LogP contribution is -2.43. The van der Waals surface area contributed by atoms with E-state index in [1.54, 1.807) is 0 Å². The van der Waals surface area contributed by atoms with Crippen LogP contribution in [-0.2, 0) is 32.7 Å². The molecule has 0 bridgehead atoms. The zero-order valence-electron chi connectivity index (χ0n) is 40.3. The number of phosphoric ester groups is 1. The standard InChI is InChI=1S/C52H92NO10P/c1-3-5-7-9-11-13-15-17-19-21-23-24-26-27-29-31-33-35-37-39-41-43-50(55)53-49(52(57)58)47-63-64(59,60)62-46-48(54)45-61-51(56)44-42-40-38-36-34-32-30-28-25-22-20-18-16-14-12-10-8-6-4-2/h5,7,11,13,17,19,23-24,27,29,48-49,54H,3-4,6,8-10,12,14-16,18,20-22,25-26,28,30-47H2,1-2H3,(H,53,55)(H,57,58)(H,59,60)/b7-5-,13-11-,19-17-,24-23-,29-27-. The number of unbranched alkanes of at least 4 members (excludes halogenated alkanes) is 23. The Kier molecular flexibility index (Phi) is 44.6. The van der Waals surface area contributed by atoms with Crippen molar-refractivity contribution in [2.75, 3.05) is 19.8 Å². The van der Waals surface area contributed by atoms with Crippen LogP contribution in [0.25, 0.3) is 0 Å². The molecule has 0 aliphatic heterocycles. The Morgan fingerprint density at radius 3 is 1.36 bits per heavy atom. The summed E-state index contributed by atoms with van der Waals surface area (Å²) in [6.45, 7) is 2.50. The van der Waals surface area contributed by atoms with Gasteiger partial charge in [0.15, 0.2) is 6.04 Å². The Balaban J connectivity index is 3.87. The number of hydrogen-bond acceptors (Lipinski definition) is 8. The van der Waals surface area contributed by atoms with Crippen molar-refractivity contribution in [2.24, 2.45) is 0 Å². The molecule has 0 fully saturated rings. The van der Waals surface area contributed by atoms with E-state index in [0.29, 0.717) is 12.8 Å². The van der Waals surface area contributed by atoms with Crippen molar-refractivity contribution in [1.29, 1.82) is 0 Å². The number of allylic oxidation sites excluding steroid dienone is 10. The minimum Gasteiger partial charge on any atom is -0.480 e. The zero-order valence-corrected chi connectivity index (χ0v) is 41.2. The third-order valence-electron chi connectivity index (χ3n) is 10.8. The van der Waals surface area contributed by atoms with Crippen LogP contribution < -0.4 is 5.32 Å². The summed E-state index contributed by atoms with van der Waals surface area (Å²) in [5.74, 6) is -2.40. The van der Waals surface area contributed by atoms with Gasteiger partial charge in [-0.15, -0.1) is 0 Å². The number of hydrogen-bond donors (Lipinski definition) is 4. The van der Waals surface area contributed by atoms with E-state index >= 15 is 0 Å². The second-order valence-electron chi connectivity index (χ2n) is 17.0. The second kappa shape index (κ2) is 46.7. The van der Waals surface area contributed by atoms with E-state index in [1.807, 2.05) is 0 Å². The second-order valence-corrected chi connectivity index (χ2v) is 18.4. The van der Waals surface area contributed by atoms with Gasteiger partial charge in [-0.2, -0.15) is 0 Å². The minimum atomic E-state index is -4.77. The van der Waals surface area contributed by atoms with E-state index in [-0.39, 0.29) is 12.8 Å². The van der Waals surface area contributed by atoms with Crippen LogP contribution in [0.4, 0.5) is 0 Å². The number of carbonyl (C=O) groups excluding carboxylic acids is 2. The van der Waals surface area contributed by atoms with Crippen LogP contribution in [0.5, 0.6) is 0 Å². The van der Waals surface area contributed by atoms with Crippen molar-refractivity contribution < 1.29 is 47.8 Å². The molecule has 64 heavy (non-hydrogen) atoms. The molecule has 0 heterocycles. The van der Waals surface area contributed by atoms with Gasteiger partial charge < -0.3 is 25.2 Å². The van der Waals surface area contributed by atoms with Crippen LogP contribution in [0.1, 0.15) is 219 Å². The molecule has 4 N–H and O–H groups in total. The molecular formula is C52H92NO10P. The molecule has 370 valence electrons. The van der Waals surface area contributed by atoms with Crippen LogP contribution in [0.3, 0.4) is 0 Å². The van der Waals surface area contributed by atoms with Crippen molar-refractivity contribution in [3.8, 4) is 0 Å². The van der Waals surface area contributed by atoms with Gasteiger partial charge in [0, 0.05) is 12.8 Å². The average Bonchev–Trinajstić information content (AvgIpc) is 3.27. The van der Waals surface area contributed by atoms with Gasteiger partial charge in [-0.1, -0.05) is 209 Å². The van der Waals surface area contributed by atoms with Crippen molar-refractivity contribution in [1.82, 2.24) is 5.32 Å². The fourth-order valence-electron chi connectivity index (χ4n) is 6.93. The summed E-state index contributed by atoms with van der Waals surface area (Å²) in [6, 6.07) is -1.56. The number of amides is 1. The predicted octanol–water partition coefficient (Wildman–Crippen LogP) is 13.9. The molecule has 3 atom stereocenters. The van der Waals surface area contributed by atoms with Crippen LogP contribution in [0.2, 0.25) is 0 Å². The summed E-state index contributed by atoms with van der Waals surface area (Å²) in [7, 11) is -4.77. The summed E-state index contributed by atoms with van der Waals surface area (Å²) >= 11 is 0. The number of carboxylic acid groups (broad SMARTS) is 1. The number of carbonyl (C=O) groups is 3. The summed E-state index contributed by atoms with van der Waals surface area (Å²) in [5, 5.41) is 21.9. The summed E-state index contributed by atoms with van der Waals surface area (Å²) in [6.07, 6.45) is 55.2. The maximum absolute atomic E-state index is 12.4. The number of ether oxygens (including phenoxy) is 1. The lowest BCUT2D eigenvalue weighted by molar-refractivity contribution is -0.147. The largest absolute Gasteiger partial charge is 0.480 e. The maximum atomic E-state index is 12.4. The fraction of sp³-hybridized carbons (Fsp3) is 0.750. The Hall–Kier alpha value is -2.82. The zero-order chi connectivity index (χ0) is 47.0. The highest BCUT2D eigenvalue weighted by Crippen LogP contribution is 2.43. The Bertz CT molecular complexity index is 1310. The number of nitrogens with one attached hydrogen (secondary N) is 1. The van der Waals surface area contributed by atoms with E-state index in [1.165, 1.54) is 96.3 Å². The summed E-state index contributed by atoms with van der Waals surface area (Å²) in [5.41, 5.74) is 0. The number of aliphatic hydroxyl groups excluding tert-OH is 1. The molecule has 0 saturated carbocycles. The van der Waals surface area contributed by atoms with Gasteiger partial charge in [0.05, 0.1) is 13.2 Å². The van der Waals surface area contributed by atoms with E-state index in [0.717, 1.165) is 83.5 Å². The normalized spacial score (nSPS) is 14.1. The van der Waals surface area contributed by atoms with Gasteiger partial charge in [-0.3, -0.25) is 18.6 Å². The van der Waals surface area contributed by atoms with Gasteiger partial charge in [0.2, 0.25) is 5.91 Å². The lowest BCUT2D eigenvalue weighted by atomic mass is 10.0. The number of carboxylic acids is 1. The topological polar surface area (TPSA) is 169 Å². The summed E-state index contributed by atoms with van der Waals surface area (Å²) < 4.78 is 26.9. The molecule has 1 amide bonds. The Morgan fingerprint density at radius 2 is 0.906 bits per heavy atom. The van der Waals surface area contributed by atoms with E-state index in [9.17, 15) is 34.1 Å². The average molecular weight is 922 g/mol. The molecule has 0 saturated heterocycles. The molecule has 0 aliphatic rings. The molecule has 3 unspecified atom stereocenters. The highest BCUT2D eigenvalue weighted by Gasteiger charge is 2.28. The van der Waals surface area contributed by atoms with Crippen molar-refractivity contribution in [3.05, 3.63) is 60.8 Å². The van der Waals surface area contributed by atoms with Crippen molar-refractivity contribution in [3.63, 3.8) is 0 Å². The number of esters is 1. The number of aliphatic carboxylic acids is 1. The van der Waals surface area contributed by atoms with E-state index in [2.05, 4.69) is 79.9 Å². The molecule has 0 radical (unpaired) electrons. The first-order chi connectivity index (χ1) is 31.1. The van der Waals surface area contributed by atoms with E-state index < -0.39 is 57.6 Å². The third kappa shape index (κ3) is 45.7. The van der Waals surface area contributed by atoms with Crippen LogP contribution in [0, 0.1) is 0 Å². The Morgan fingerprint density at radius 1 is 0.516 bits per heavy atom. The van der Waals surface area contributed by atoms with E-state index in [4.69, 9.17) is 13.8 Å². The molecule has 11 nitrogen and oxygen atoms in total. The molecular weight excluding hydrogens is 830 g/mol. The highest BCUT2D eigenvalue weighted by molar-refractivity contribution is 7.47. The molecule has 0 aromatic heterocycles. The minimum absolute atomic E-state index is 0.121. The third-order valence-corrected chi connectivity index (χ3v) is 11.8. The highest BCUT2D eigenvalue weighted by atomic mass is 31.2. The fourth-order valence-corrected chi connectivity index (χ4v) is 7.70. The lowest BCUT2D eigenvalue weighted by Gasteiger charge is -2.18. The molecule has 0 aromatic rings. The van der Waals surface area contributed by atoms with Crippen LogP contribution in [-0.4, -0.2) is 64.9 Å². The molecule has 0 aromatic carbocycles.